The Labute approximate surface area is 210 Å². The van der Waals surface area contributed by atoms with Crippen LogP contribution in [0.5, 0.6) is 0 Å². The second-order valence-corrected chi connectivity index (χ2v) is 10.6. The molecule has 2 saturated heterocycles. The third kappa shape index (κ3) is 3.91. The molecule has 1 aromatic heterocycles. The van der Waals surface area contributed by atoms with Crippen molar-refractivity contribution in [1.29, 1.82) is 0 Å². The van der Waals surface area contributed by atoms with Crippen LogP contribution >= 0.6 is 0 Å². The lowest BCUT2D eigenvalue weighted by Gasteiger charge is -2.33. The third-order valence-corrected chi connectivity index (χ3v) is 7.46. The lowest BCUT2D eigenvalue weighted by atomic mass is 9.70. The van der Waals surface area contributed by atoms with Gasteiger partial charge in [0.15, 0.2) is 5.82 Å². The Balaban J connectivity index is 1.46. The summed E-state index contributed by atoms with van der Waals surface area (Å²) in [6, 6.07) is 10.3. The first kappa shape index (κ1) is 24.2. The summed E-state index contributed by atoms with van der Waals surface area (Å²) in [5.41, 5.74) is -1.28. The Hall–Kier alpha value is -3.46. The van der Waals surface area contributed by atoms with E-state index in [0.717, 1.165) is 12.0 Å². The van der Waals surface area contributed by atoms with E-state index >= 15 is 0 Å². The normalized spacial score (nSPS) is 30.2. The molecule has 5 rings (SSSR count). The highest BCUT2D eigenvalue weighted by molar-refractivity contribution is 6.03. The molecule has 9 nitrogen and oxygen atoms in total. The number of ether oxygens (including phenoxy) is 1. The highest BCUT2D eigenvalue weighted by atomic mass is 16.5. The van der Waals surface area contributed by atoms with Gasteiger partial charge in [-0.25, -0.2) is 0 Å². The summed E-state index contributed by atoms with van der Waals surface area (Å²) in [7, 11) is 0. The Bertz CT molecular complexity index is 1210. The van der Waals surface area contributed by atoms with E-state index in [1.807, 2.05) is 42.5 Å². The first-order valence-electron chi connectivity index (χ1n) is 12.4. The van der Waals surface area contributed by atoms with Crippen LogP contribution in [0.25, 0.3) is 0 Å². The molecule has 5 atom stereocenters. The molecule has 190 valence electrons. The van der Waals surface area contributed by atoms with E-state index in [4.69, 9.17) is 9.26 Å². The number of fused-ring (bicyclic) bond motifs is 1. The largest absolute Gasteiger partial charge is 0.360 e. The van der Waals surface area contributed by atoms with Crippen molar-refractivity contribution in [3.63, 3.8) is 0 Å². The first-order chi connectivity index (χ1) is 17.1. The van der Waals surface area contributed by atoms with E-state index in [0.29, 0.717) is 24.8 Å². The van der Waals surface area contributed by atoms with Gasteiger partial charge in [0.05, 0.1) is 17.4 Å². The number of carbonyl (C=O) groups is 3. The monoisotopic (exact) mass is 492 g/mol. The van der Waals surface area contributed by atoms with Gasteiger partial charge in [0.2, 0.25) is 17.7 Å². The molecular formula is C27H32N4O5. The molecule has 2 bridgehead atoms. The van der Waals surface area contributed by atoms with Crippen molar-refractivity contribution in [3.05, 3.63) is 59.9 Å². The molecule has 9 heteroatoms. The second-order valence-electron chi connectivity index (χ2n) is 10.6. The molecule has 2 N–H and O–H groups in total. The van der Waals surface area contributed by atoms with Gasteiger partial charge in [0.25, 0.3) is 0 Å². The number of carbonyl (C=O) groups excluding carboxylic acids is 3. The van der Waals surface area contributed by atoms with E-state index in [2.05, 4.69) is 29.6 Å². The summed E-state index contributed by atoms with van der Waals surface area (Å²) in [6.07, 6.45) is 4.37. The molecular weight excluding hydrogens is 460 g/mol. The van der Waals surface area contributed by atoms with Crippen molar-refractivity contribution in [2.24, 2.45) is 17.8 Å². The predicted octanol–water partition coefficient (Wildman–Crippen LogP) is 2.82. The van der Waals surface area contributed by atoms with Crippen LogP contribution in [0.2, 0.25) is 0 Å². The van der Waals surface area contributed by atoms with Crippen molar-refractivity contribution >= 4 is 23.5 Å². The zero-order chi connectivity index (χ0) is 25.7. The average Bonchev–Trinajstić information content (AvgIpc) is 3.54. The van der Waals surface area contributed by atoms with Gasteiger partial charge in [0.1, 0.15) is 17.4 Å². The molecule has 36 heavy (non-hydrogen) atoms. The standard InChI is InChI=1S/C27H32N4O5/c1-16(2)10-13-31-22(24(33)28-15-18-8-6-5-7-9-18)27-12-11-26(4,36-27)20(21(27)25(31)34)23(32)29-19-14-17(3)35-30-19/h5-9,11-12,14,16,20-22H,10,13,15H2,1-4H3,(H,28,33)(H,29,30,32)/t20-,21+,22+,26+,27+/m0/s1. The maximum atomic E-state index is 13.9. The molecule has 2 aromatic rings. The topological polar surface area (TPSA) is 114 Å². The number of nitrogens with one attached hydrogen (secondary N) is 2. The number of aromatic nitrogens is 1. The Kier molecular flexibility index (Phi) is 5.98. The van der Waals surface area contributed by atoms with E-state index in [1.54, 1.807) is 24.8 Å². The van der Waals surface area contributed by atoms with Gasteiger partial charge in [-0.3, -0.25) is 14.4 Å². The lowest BCUT2D eigenvalue weighted by Crippen LogP contribution is -2.54. The number of hydrogen-bond acceptors (Lipinski definition) is 6. The lowest BCUT2D eigenvalue weighted by molar-refractivity contribution is -0.144. The fourth-order valence-electron chi connectivity index (χ4n) is 5.78. The molecule has 0 aliphatic carbocycles. The summed E-state index contributed by atoms with van der Waals surface area (Å²) < 4.78 is 11.6. The molecule has 3 aliphatic rings. The Morgan fingerprint density at radius 3 is 2.58 bits per heavy atom. The van der Waals surface area contributed by atoms with Crippen LogP contribution < -0.4 is 10.6 Å². The summed E-state index contributed by atoms with van der Waals surface area (Å²) >= 11 is 0. The van der Waals surface area contributed by atoms with E-state index < -0.39 is 29.1 Å². The summed E-state index contributed by atoms with van der Waals surface area (Å²) in [5.74, 6) is -1.38. The summed E-state index contributed by atoms with van der Waals surface area (Å²) in [4.78, 5) is 42.7. The second kappa shape index (κ2) is 8.89. The molecule has 0 saturated carbocycles. The number of benzene rings is 1. The molecule has 1 spiro atoms. The van der Waals surface area contributed by atoms with Crippen LogP contribution in [0.4, 0.5) is 5.82 Å². The van der Waals surface area contributed by atoms with Crippen LogP contribution in [-0.2, 0) is 25.7 Å². The van der Waals surface area contributed by atoms with Gasteiger partial charge in [-0.15, -0.1) is 0 Å². The Morgan fingerprint density at radius 2 is 1.92 bits per heavy atom. The van der Waals surface area contributed by atoms with E-state index in [9.17, 15) is 14.4 Å². The highest BCUT2D eigenvalue weighted by Gasteiger charge is 2.76. The minimum atomic E-state index is -1.22. The third-order valence-electron chi connectivity index (χ3n) is 7.46. The number of likely N-dealkylation sites (tertiary alicyclic amines) is 1. The maximum Gasteiger partial charge on any atom is 0.246 e. The van der Waals surface area contributed by atoms with Gasteiger partial charge < -0.3 is 24.8 Å². The number of nitrogens with zero attached hydrogens (tertiary/aromatic N) is 2. The summed E-state index contributed by atoms with van der Waals surface area (Å²) in [5, 5.41) is 9.62. The van der Waals surface area contributed by atoms with Crippen LogP contribution in [0, 0.1) is 24.7 Å². The zero-order valence-electron chi connectivity index (χ0n) is 21.0. The van der Waals surface area contributed by atoms with Crippen molar-refractivity contribution in [3.8, 4) is 0 Å². The summed E-state index contributed by atoms with van der Waals surface area (Å²) in [6.45, 7) is 8.41. The molecule has 4 heterocycles. The minimum absolute atomic E-state index is 0.236. The SMILES string of the molecule is Cc1cc(NC(=O)[C@@H]2[C@@H]3C(=O)N(CCC(C)C)[C@H](C(=O)NCc4ccccc4)[C@@]34C=C[C@@]2(C)O4)no1. The smallest absolute Gasteiger partial charge is 0.246 e. The number of rotatable bonds is 8. The Morgan fingerprint density at radius 1 is 1.17 bits per heavy atom. The molecule has 0 radical (unpaired) electrons. The molecule has 1 aromatic carbocycles. The minimum Gasteiger partial charge on any atom is -0.360 e. The zero-order valence-corrected chi connectivity index (χ0v) is 21.0. The average molecular weight is 493 g/mol. The van der Waals surface area contributed by atoms with E-state index in [-0.39, 0.29) is 23.5 Å². The molecule has 2 fully saturated rings. The van der Waals surface area contributed by atoms with Crippen LogP contribution in [0.15, 0.2) is 53.1 Å². The fraction of sp³-hybridized carbons (Fsp3) is 0.481. The van der Waals surface area contributed by atoms with Gasteiger partial charge in [-0.2, -0.15) is 0 Å². The van der Waals surface area contributed by atoms with Gasteiger partial charge in [-0.1, -0.05) is 61.5 Å². The van der Waals surface area contributed by atoms with Crippen LogP contribution in [0.3, 0.4) is 0 Å². The van der Waals surface area contributed by atoms with Crippen molar-refractivity contribution in [2.45, 2.75) is 57.9 Å². The quantitative estimate of drug-likeness (QED) is 0.548. The van der Waals surface area contributed by atoms with E-state index in [1.165, 1.54) is 0 Å². The molecule has 3 amide bonds. The first-order valence-corrected chi connectivity index (χ1v) is 12.4. The van der Waals surface area contributed by atoms with Gasteiger partial charge in [-0.05, 0) is 31.7 Å². The number of amides is 3. The van der Waals surface area contributed by atoms with Crippen molar-refractivity contribution in [2.75, 3.05) is 11.9 Å². The van der Waals surface area contributed by atoms with Gasteiger partial charge in [0, 0.05) is 19.2 Å². The number of hydrogen-bond donors (Lipinski definition) is 2. The number of anilines is 1. The van der Waals surface area contributed by atoms with Crippen molar-refractivity contribution < 1.29 is 23.6 Å². The maximum absolute atomic E-state index is 13.9. The highest BCUT2D eigenvalue weighted by Crippen LogP contribution is 2.59. The predicted molar refractivity (Wildman–Crippen MR) is 131 cm³/mol. The van der Waals surface area contributed by atoms with Crippen LogP contribution in [-0.4, -0.2) is 51.6 Å². The molecule has 3 aliphatic heterocycles. The fourth-order valence-corrected chi connectivity index (χ4v) is 5.78. The van der Waals surface area contributed by atoms with Gasteiger partial charge >= 0.3 is 0 Å². The van der Waals surface area contributed by atoms with Crippen LogP contribution in [0.1, 0.15) is 38.5 Å². The molecule has 0 unspecified atom stereocenters. The van der Waals surface area contributed by atoms with Crippen molar-refractivity contribution in [1.82, 2.24) is 15.4 Å². The number of aryl methyl sites for hydroxylation is 1.